The van der Waals surface area contributed by atoms with E-state index in [0.717, 1.165) is 0 Å². The number of carboxylic acids is 1. The summed E-state index contributed by atoms with van der Waals surface area (Å²) in [7, 11) is -0.270. The normalized spacial score (nSPS) is 12.9. The molecule has 88 valence electrons. The van der Waals surface area contributed by atoms with Gasteiger partial charge in [-0.1, -0.05) is 6.08 Å². The van der Waals surface area contributed by atoms with Crippen LogP contribution in [0.2, 0.25) is 0 Å². The molecule has 0 radical (unpaired) electrons. The van der Waals surface area contributed by atoms with Gasteiger partial charge in [0.2, 0.25) is 0 Å². The molecule has 5 nitrogen and oxygen atoms in total. The molecule has 0 atom stereocenters. The van der Waals surface area contributed by atoms with Crippen LogP contribution in [0.5, 0.6) is 0 Å². The van der Waals surface area contributed by atoms with Gasteiger partial charge in [0.25, 0.3) is 0 Å². The van der Waals surface area contributed by atoms with E-state index < -0.39 is 13.6 Å². The topological polar surface area (TPSA) is 72.8 Å². The molecule has 0 fully saturated rings. The van der Waals surface area contributed by atoms with E-state index in [9.17, 15) is 9.36 Å². The quantitative estimate of drug-likeness (QED) is 0.417. The molecule has 0 amide bonds. The minimum atomic E-state index is -2.94. The Hall–Kier alpha value is -0.640. The van der Waals surface area contributed by atoms with Gasteiger partial charge in [-0.05, 0) is 19.8 Å². The maximum absolute atomic E-state index is 11.5. The van der Waals surface area contributed by atoms with Crippen LogP contribution in [0.15, 0.2) is 11.6 Å². The van der Waals surface area contributed by atoms with Gasteiger partial charge in [-0.3, -0.25) is 4.57 Å². The molecule has 6 heteroatoms. The second-order valence-electron chi connectivity index (χ2n) is 3.03. The monoisotopic (exact) mass is 236 g/mol. The molecule has 0 spiro atoms. The minimum Gasteiger partial charge on any atom is -0.478 e. The summed E-state index contributed by atoms with van der Waals surface area (Å²) in [4.78, 5) is 10.4. The summed E-state index contributed by atoms with van der Waals surface area (Å²) < 4.78 is 21.0. The average molecular weight is 236 g/mol. The molecule has 0 heterocycles. The first-order chi connectivity index (χ1) is 6.95. The highest BCUT2D eigenvalue weighted by molar-refractivity contribution is 7.53. The van der Waals surface area contributed by atoms with E-state index in [1.807, 2.05) is 0 Å². The molecule has 0 aromatic heterocycles. The maximum atomic E-state index is 11.5. The summed E-state index contributed by atoms with van der Waals surface area (Å²) in [6, 6.07) is 0. The van der Waals surface area contributed by atoms with Crippen molar-refractivity contribution in [2.45, 2.75) is 19.8 Å². The molecule has 0 saturated heterocycles. The lowest BCUT2D eigenvalue weighted by Crippen LogP contribution is -1.97. The van der Waals surface area contributed by atoms with Crippen LogP contribution in [-0.4, -0.2) is 31.5 Å². The Kier molecular flexibility index (Phi) is 6.48. The highest BCUT2D eigenvalue weighted by Gasteiger charge is 2.19. The lowest BCUT2D eigenvalue weighted by molar-refractivity contribution is -0.132. The van der Waals surface area contributed by atoms with Crippen LogP contribution >= 0.6 is 7.60 Å². The van der Waals surface area contributed by atoms with Crippen LogP contribution in [0.3, 0.4) is 0 Å². The number of carbonyl (C=O) groups is 1. The van der Waals surface area contributed by atoms with Gasteiger partial charge in [-0.2, -0.15) is 0 Å². The van der Waals surface area contributed by atoms with Crippen LogP contribution in [0, 0.1) is 0 Å². The van der Waals surface area contributed by atoms with Gasteiger partial charge in [0.05, 0.1) is 6.16 Å². The van der Waals surface area contributed by atoms with E-state index >= 15 is 0 Å². The molecule has 0 aliphatic rings. The van der Waals surface area contributed by atoms with Gasteiger partial charge < -0.3 is 14.2 Å². The molecule has 0 rings (SSSR count). The fourth-order valence-corrected chi connectivity index (χ4v) is 2.03. The van der Waals surface area contributed by atoms with E-state index in [0.29, 0.717) is 24.6 Å². The van der Waals surface area contributed by atoms with E-state index in [1.54, 1.807) is 6.08 Å². The van der Waals surface area contributed by atoms with Crippen LogP contribution in [0.4, 0.5) is 0 Å². The van der Waals surface area contributed by atoms with Crippen molar-refractivity contribution >= 4 is 13.6 Å². The molecule has 15 heavy (non-hydrogen) atoms. The van der Waals surface area contributed by atoms with Crippen molar-refractivity contribution in [1.82, 2.24) is 0 Å². The Morgan fingerprint density at radius 1 is 1.40 bits per heavy atom. The first-order valence-corrected chi connectivity index (χ1v) is 6.28. The van der Waals surface area contributed by atoms with E-state index in [1.165, 1.54) is 21.1 Å². The fourth-order valence-electron chi connectivity index (χ4n) is 0.948. The van der Waals surface area contributed by atoms with E-state index in [2.05, 4.69) is 0 Å². The zero-order valence-electron chi connectivity index (χ0n) is 9.23. The van der Waals surface area contributed by atoms with Crippen LogP contribution in [-0.2, 0) is 18.4 Å². The third kappa shape index (κ3) is 5.72. The Morgan fingerprint density at radius 2 is 1.93 bits per heavy atom. The van der Waals surface area contributed by atoms with Gasteiger partial charge in [0, 0.05) is 19.8 Å². The molecule has 0 aliphatic carbocycles. The smallest absolute Gasteiger partial charge is 0.330 e. The molecule has 0 bridgehead atoms. The Balaban J connectivity index is 3.95. The number of hydrogen-bond donors (Lipinski definition) is 1. The molecular weight excluding hydrogens is 219 g/mol. The number of allylic oxidation sites excluding steroid dienone is 1. The minimum absolute atomic E-state index is 0.291. The largest absolute Gasteiger partial charge is 0.478 e. The summed E-state index contributed by atoms with van der Waals surface area (Å²) in [6.07, 6.45) is 3.01. The number of rotatable bonds is 7. The fraction of sp³-hybridized carbons (Fsp3) is 0.667. The van der Waals surface area contributed by atoms with Crippen molar-refractivity contribution in [2.75, 3.05) is 20.4 Å². The molecule has 1 N–H and O–H groups in total. The predicted octanol–water partition coefficient (Wildman–Crippen LogP) is 2.28. The molecule has 0 aliphatic heterocycles. The summed E-state index contributed by atoms with van der Waals surface area (Å²) in [5, 5.41) is 8.56. The zero-order chi connectivity index (χ0) is 11.9. The van der Waals surface area contributed by atoms with Gasteiger partial charge in [-0.15, -0.1) is 0 Å². The zero-order valence-corrected chi connectivity index (χ0v) is 10.1. The standard InChI is InChI=1S/C9H17O5P/c1-8(9(10)11)6-4-5-7-15(12,13-2)14-3/h6H,4-5,7H2,1-3H3,(H,10,11). The summed E-state index contributed by atoms with van der Waals surface area (Å²) in [6.45, 7) is 1.52. The third-order valence-electron chi connectivity index (χ3n) is 1.98. The van der Waals surface area contributed by atoms with Crippen molar-refractivity contribution in [2.24, 2.45) is 0 Å². The molecule has 0 unspecified atom stereocenters. The van der Waals surface area contributed by atoms with Crippen molar-refractivity contribution in [3.8, 4) is 0 Å². The summed E-state index contributed by atoms with van der Waals surface area (Å²) >= 11 is 0. The van der Waals surface area contributed by atoms with Gasteiger partial charge in [0.1, 0.15) is 0 Å². The lowest BCUT2D eigenvalue weighted by atomic mass is 10.2. The van der Waals surface area contributed by atoms with Crippen molar-refractivity contribution in [3.63, 3.8) is 0 Å². The number of hydrogen-bond acceptors (Lipinski definition) is 4. The van der Waals surface area contributed by atoms with Crippen LogP contribution in [0.1, 0.15) is 19.8 Å². The Labute approximate surface area is 89.6 Å². The highest BCUT2D eigenvalue weighted by Crippen LogP contribution is 2.46. The Morgan fingerprint density at radius 3 is 2.33 bits per heavy atom. The SMILES string of the molecule is COP(=O)(CCCC=C(C)C(=O)O)OC. The lowest BCUT2D eigenvalue weighted by Gasteiger charge is -2.12. The van der Waals surface area contributed by atoms with Gasteiger partial charge in [0.15, 0.2) is 0 Å². The molecule has 0 saturated carbocycles. The molecule has 0 aromatic carbocycles. The van der Waals surface area contributed by atoms with Gasteiger partial charge >= 0.3 is 13.6 Å². The van der Waals surface area contributed by atoms with Crippen LogP contribution in [0.25, 0.3) is 0 Å². The number of unbranched alkanes of at least 4 members (excludes halogenated alkanes) is 1. The van der Waals surface area contributed by atoms with Crippen LogP contribution < -0.4 is 0 Å². The molecular formula is C9H17O5P. The average Bonchev–Trinajstić information content (AvgIpc) is 2.23. The van der Waals surface area contributed by atoms with Crippen molar-refractivity contribution in [1.29, 1.82) is 0 Å². The summed E-state index contributed by atoms with van der Waals surface area (Å²) in [5.74, 6) is -0.934. The second kappa shape index (κ2) is 6.77. The van der Waals surface area contributed by atoms with E-state index in [4.69, 9.17) is 14.2 Å². The second-order valence-corrected chi connectivity index (χ2v) is 5.43. The summed E-state index contributed by atoms with van der Waals surface area (Å²) in [5.41, 5.74) is 0.291. The third-order valence-corrected chi connectivity index (χ3v) is 3.96. The first kappa shape index (κ1) is 14.4. The Bertz CT molecular complexity index is 276. The van der Waals surface area contributed by atoms with Crippen molar-refractivity contribution in [3.05, 3.63) is 11.6 Å². The van der Waals surface area contributed by atoms with E-state index in [-0.39, 0.29) is 0 Å². The first-order valence-electron chi connectivity index (χ1n) is 4.56. The maximum Gasteiger partial charge on any atom is 0.330 e. The van der Waals surface area contributed by atoms with Crippen molar-refractivity contribution < 1.29 is 23.5 Å². The predicted molar refractivity (Wildman–Crippen MR) is 57.1 cm³/mol. The van der Waals surface area contributed by atoms with Gasteiger partial charge in [-0.25, -0.2) is 4.79 Å². The number of carboxylic acid groups (broad SMARTS) is 1. The number of aliphatic carboxylic acids is 1. The highest BCUT2D eigenvalue weighted by atomic mass is 31.2. The molecule has 0 aromatic rings.